The number of pyridine rings is 2. The molecule has 1 fully saturated rings. The molecule has 2 aromatic heterocycles. The van der Waals surface area contributed by atoms with Gasteiger partial charge in [-0.25, -0.2) is 0 Å². The average Bonchev–Trinajstić information content (AvgIpc) is 3.04. The number of likely N-dealkylation sites (tertiary alicyclic amines) is 1. The molecule has 1 unspecified atom stereocenters. The second-order valence-electron chi connectivity index (χ2n) is 9.28. The zero-order valence-corrected chi connectivity index (χ0v) is 19.2. The third kappa shape index (κ3) is 4.29. The van der Waals surface area contributed by atoms with E-state index < -0.39 is 17.7 Å². The van der Waals surface area contributed by atoms with Crippen LogP contribution in [0.25, 0.3) is 5.76 Å². The third-order valence-electron chi connectivity index (χ3n) is 5.93. The van der Waals surface area contributed by atoms with Gasteiger partial charge in [-0.05, 0) is 53.8 Å². The molecule has 6 nitrogen and oxygen atoms in total. The van der Waals surface area contributed by atoms with Crippen LogP contribution in [0.2, 0.25) is 0 Å². The molecule has 0 bridgehead atoms. The third-order valence-corrected chi connectivity index (χ3v) is 5.93. The Kier molecular flexibility index (Phi) is 5.85. The van der Waals surface area contributed by atoms with E-state index in [0.29, 0.717) is 17.0 Å². The van der Waals surface area contributed by atoms with Gasteiger partial charge in [0, 0.05) is 18.0 Å². The number of nitrogens with zero attached hydrogens (tertiary/aromatic N) is 3. The summed E-state index contributed by atoms with van der Waals surface area (Å²) in [7, 11) is 0. The van der Waals surface area contributed by atoms with E-state index in [1.165, 1.54) is 4.90 Å². The lowest BCUT2D eigenvalue weighted by Crippen LogP contribution is -2.29. The maximum atomic E-state index is 13.2. The van der Waals surface area contributed by atoms with Gasteiger partial charge in [0.2, 0.25) is 0 Å². The minimum atomic E-state index is -0.814. The molecule has 1 saturated heterocycles. The lowest BCUT2D eigenvalue weighted by Gasteiger charge is -2.25. The molecule has 4 rings (SSSR count). The molecule has 0 saturated carbocycles. The average molecular weight is 442 g/mol. The van der Waals surface area contributed by atoms with E-state index in [9.17, 15) is 14.7 Å². The topological polar surface area (TPSA) is 83.4 Å². The fraction of sp³-hybridized carbons (Fsp3) is 0.259. The van der Waals surface area contributed by atoms with Crippen molar-refractivity contribution in [1.29, 1.82) is 0 Å². The molecular formula is C27H27N3O3. The molecule has 1 atom stereocenters. The van der Waals surface area contributed by atoms with Gasteiger partial charge in [0.1, 0.15) is 11.8 Å². The number of carbonyl (C=O) groups excluding carboxylic acids is 2. The van der Waals surface area contributed by atoms with Crippen LogP contribution in [0, 0.1) is 6.92 Å². The van der Waals surface area contributed by atoms with Gasteiger partial charge in [0.05, 0.1) is 23.5 Å². The number of aryl methyl sites for hydroxylation is 1. The Morgan fingerprint density at radius 1 is 1.00 bits per heavy atom. The van der Waals surface area contributed by atoms with Crippen LogP contribution in [-0.4, -0.2) is 31.7 Å². The number of rotatable bonds is 4. The maximum Gasteiger partial charge on any atom is 0.296 e. The van der Waals surface area contributed by atoms with Crippen molar-refractivity contribution >= 4 is 17.4 Å². The molecule has 1 aliphatic rings. The van der Waals surface area contributed by atoms with E-state index in [2.05, 4.69) is 30.7 Å². The minimum Gasteiger partial charge on any atom is -0.507 e. The van der Waals surface area contributed by atoms with E-state index in [1.807, 2.05) is 31.2 Å². The van der Waals surface area contributed by atoms with Crippen molar-refractivity contribution < 1.29 is 14.7 Å². The Hall–Kier alpha value is -3.80. The number of ketones is 1. The van der Waals surface area contributed by atoms with Gasteiger partial charge in [0.15, 0.2) is 0 Å². The standard InChI is InChI=1S/C27H27N3O3/c1-17-11-12-18(27(2,3)4)15-20(17)24(31)22-23(21-10-6-8-14-29-21)30(26(33)25(22)32)16-19-9-5-7-13-28-19/h5-15,23,31H,16H2,1-4H3/b24-22+. The fourth-order valence-electron chi connectivity index (χ4n) is 4.04. The molecule has 6 heteroatoms. The van der Waals surface area contributed by atoms with E-state index >= 15 is 0 Å². The molecule has 0 radical (unpaired) electrons. The van der Waals surface area contributed by atoms with Crippen LogP contribution in [0.15, 0.2) is 72.6 Å². The van der Waals surface area contributed by atoms with Gasteiger partial charge in [-0.2, -0.15) is 0 Å². The number of aromatic nitrogens is 2. The van der Waals surface area contributed by atoms with E-state index in [0.717, 1.165) is 11.1 Å². The highest BCUT2D eigenvalue weighted by atomic mass is 16.3. The Bertz CT molecular complexity index is 1230. The second-order valence-corrected chi connectivity index (χ2v) is 9.28. The summed E-state index contributed by atoms with van der Waals surface area (Å²) in [5.74, 6) is -1.58. The number of amides is 1. The lowest BCUT2D eigenvalue weighted by atomic mass is 9.84. The molecular weight excluding hydrogens is 414 g/mol. The predicted molar refractivity (Wildman–Crippen MR) is 126 cm³/mol. The molecule has 3 aromatic rings. The van der Waals surface area contributed by atoms with Gasteiger partial charge in [-0.1, -0.05) is 45.0 Å². The van der Waals surface area contributed by atoms with Crippen LogP contribution in [0.3, 0.4) is 0 Å². The molecule has 33 heavy (non-hydrogen) atoms. The quantitative estimate of drug-likeness (QED) is 0.360. The van der Waals surface area contributed by atoms with Gasteiger partial charge >= 0.3 is 0 Å². The molecule has 3 heterocycles. The highest BCUT2D eigenvalue weighted by molar-refractivity contribution is 6.46. The predicted octanol–water partition coefficient (Wildman–Crippen LogP) is 4.70. The van der Waals surface area contributed by atoms with E-state index in [-0.39, 0.29) is 23.3 Å². The van der Waals surface area contributed by atoms with Crippen LogP contribution in [0.1, 0.15) is 54.9 Å². The molecule has 0 spiro atoms. The van der Waals surface area contributed by atoms with Crippen molar-refractivity contribution in [3.05, 3.63) is 101 Å². The summed E-state index contributed by atoms with van der Waals surface area (Å²) in [5, 5.41) is 11.4. The molecule has 1 aromatic carbocycles. The largest absolute Gasteiger partial charge is 0.507 e. The second kappa shape index (κ2) is 8.62. The molecule has 1 amide bonds. The van der Waals surface area contributed by atoms with Crippen molar-refractivity contribution in [3.8, 4) is 0 Å². The summed E-state index contributed by atoms with van der Waals surface area (Å²) in [6, 6.07) is 15.8. The zero-order valence-electron chi connectivity index (χ0n) is 19.2. The number of aliphatic hydroxyl groups excluding tert-OH is 1. The number of hydrogen-bond donors (Lipinski definition) is 1. The highest BCUT2D eigenvalue weighted by Crippen LogP contribution is 2.40. The summed E-state index contributed by atoms with van der Waals surface area (Å²) >= 11 is 0. The van der Waals surface area contributed by atoms with Gasteiger partial charge in [-0.15, -0.1) is 0 Å². The molecule has 1 N–H and O–H groups in total. The van der Waals surface area contributed by atoms with Crippen LogP contribution < -0.4 is 0 Å². The van der Waals surface area contributed by atoms with Crippen LogP contribution >= 0.6 is 0 Å². The van der Waals surface area contributed by atoms with Gasteiger partial charge in [0.25, 0.3) is 11.7 Å². The Morgan fingerprint density at radius 2 is 1.70 bits per heavy atom. The Morgan fingerprint density at radius 3 is 2.30 bits per heavy atom. The van der Waals surface area contributed by atoms with Crippen LogP contribution in [-0.2, 0) is 21.5 Å². The molecule has 0 aliphatic carbocycles. The first kappa shape index (κ1) is 22.4. The molecule has 1 aliphatic heterocycles. The maximum absolute atomic E-state index is 13.2. The minimum absolute atomic E-state index is 0.0452. The van der Waals surface area contributed by atoms with Crippen molar-refractivity contribution in [2.75, 3.05) is 0 Å². The van der Waals surface area contributed by atoms with Crippen LogP contribution in [0.4, 0.5) is 0 Å². The first-order chi connectivity index (χ1) is 15.7. The summed E-state index contributed by atoms with van der Waals surface area (Å²) < 4.78 is 0. The fourth-order valence-corrected chi connectivity index (χ4v) is 4.04. The van der Waals surface area contributed by atoms with Gasteiger partial charge in [-0.3, -0.25) is 19.6 Å². The zero-order chi connectivity index (χ0) is 23.8. The summed E-state index contributed by atoms with van der Waals surface area (Å²) in [6.07, 6.45) is 3.25. The van der Waals surface area contributed by atoms with Crippen molar-refractivity contribution in [1.82, 2.24) is 14.9 Å². The number of carbonyl (C=O) groups is 2. The monoisotopic (exact) mass is 441 g/mol. The number of aliphatic hydroxyl groups is 1. The first-order valence-electron chi connectivity index (χ1n) is 10.9. The Balaban J connectivity index is 1.90. The normalized spacial score (nSPS) is 18.1. The summed E-state index contributed by atoms with van der Waals surface area (Å²) in [5.41, 5.74) is 3.44. The van der Waals surface area contributed by atoms with Crippen molar-refractivity contribution in [2.24, 2.45) is 0 Å². The number of Topliss-reactive ketones (excluding diaryl/α,β-unsaturated/α-hetero) is 1. The van der Waals surface area contributed by atoms with Crippen molar-refractivity contribution in [2.45, 2.75) is 45.7 Å². The van der Waals surface area contributed by atoms with Crippen molar-refractivity contribution in [3.63, 3.8) is 0 Å². The van der Waals surface area contributed by atoms with E-state index in [1.54, 1.807) is 42.7 Å². The SMILES string of the molecule is Cc1ccc(C(C)(C)C)cc1/C(O)=C1\C(=O)C(=O)N(Cc2ccccn2)C1c1ccccn1. The van der Waals surface area contributed by atoms with Crippen LogP contribution in [0.5, 0.6) is 0 Å². The lowest BCUT2D eigenvalue weighted by molar-refractivity contribution is -0.140. The first-order valence-corrected chi connectivity index (χ1v) is 10.9. The molecule has 168 valence electrons. The number of hydrogen-bond acceptors (Lipinski definition) is 5. The summed E-state index contributed by atoms with van der Waals surface area (Å²) in [4.78, 5) is 36.5. The highest BCUT2D eigenvalue weighted by Gasteiger charge is 2.47. The summed E-state index contributed by atoms with van der Waals surface area (Å²) in [6.45, 7) is 8.26. The van der Waals surface area contributed by atoms with E-state index in [4.69, 9.17) is 0 Å². The Labute approximate surface area is 193 Å². The number of benzene rings is 1. The van der Waals surface area contributed by atoms with Gasteiger partial charge < -0.3 is 10.0 Å². The smallest absolute Gasteiger partial charge is 0.296 e.